The average Bonchev–Trinajstić information content (AvgIpc) is 3.50. The number of hydrogen-bond acceptors (Lipinski definition) is 6. The molecule has 1 saturated heterocycles. The van der Waals surface area contributed by atoms with E-state index < -0.39 is 11.7 Å². The Morgan fingerprint density at radius 3 is 2.55 bits per heavy atom. The van der Waals surface area contributed by atoms with Crippen LogP contribution in [0.1, 0.15) is 28.9 Å². The van der Waals surface area contributed by atoms with Crippen molar-refractivity contribution in [2.45, 2.75) is 31.2 Å². The summed E-state index contributed by atoms with van der Waals surface area (Å²) < 4.78 is 44.1. The number of pyridine rings is 2. The molecule has 11 heteroatoms. The molecule has 2 bridgehead atoms. The number of carbonyl (C=O) groups is 1. The Morgan fingerprint density at radius 2 is 1.87 bits per heavy atom. The molecular weight excluding hydrogens is 413 g/mol. The number of carbonyl (C=O) groups excluding carboxylic acids is 1. The minimum absolute atomic E-state index is 0.109. The summed E-state index contributed by atoms with van der Waals surface area (Å²) in [7, 11) is 0. The van der Waals surface area contributed by atoms with E-state index in [1.54, 1.807) is 17.0 Å². The molecule has 0 aromatic carbocycles. The van der Waals surface area contributed by atoms with Crippen LogP contribution >= 0.6 is 0 Å². The number of fused-ring (bicyclic) bond motifs is 2. The molecule has 3 aromatic heterocycles. The number of ether oxygens (including phenoxy) is 1. The predicted octanol–water partition coefficient (Wildman–Crippen LogP) is 2.76. The van der Waals surface area contributed by atoms with E-state index in [4.69, 9.17) is 4.74 Å². The van der Waals surface area contributed by atoms with E-state index >= 15 is 0 Å². The summed E-state index contributed by atoms with van der Waals surface area (Å²) in [5, 5.41) is 8.16. The highest BCUT2D eigenvalue weighted by Crippen LogP contribution is 2.40. The topological polar surface area (TPSA) is 86.0 Å². The lowest BCUT2D eigenvalue weighted by atomic mass is 10.1. The maximum Gasteiger partial charge on any atom is 0.417 e. The number of hydrogen-bond donors (Lipinski definition) is 0. The van der Waals surface area contributed by atoms with Crippen LogP contribution in [0.4, 0.5) is 13.2 Å². The van der Waals surface area contributed by atoms with Crippen LogP contribution < -0.4 is 4.74 Å². The number of amides is 1. The molecule has 8 nitrogen and oxygen atoms in total. The zero-order valence-electron chi connectivity index (χ0n) is 16.1. The third-order valence-corrected chi connectivity index (χ3v) is 5.64. The Kier molecular flexibility index (Phi) is 4.60. The third-order valence-electron chi connectivity index (χ3n) is 5.64. The van der Waals surface area contributed by atoms with Crippen molar-refractivity contribution < 1.29 is 22.7 Å². The van der Waals surface area contributed by atoms with E-state index in [2.05, 4.69) is 20.2 Å². The van der Waals surface area contributed by atoms with Crippen LogP contribution in [0.25, 0.3) is 5.69 Å². The molecule has 2 aliphatic rings. The lowest BCUT2D eigenvalue weighted by Crippen LogP contribution is -2.47. The second kappa shape index (κ2) is 7.33. The minimum Gasteiger partial charge on any atom is -0.472 e. The van der Waals surface area contributed by atoms with Gasteiger partial charge in [-0.05, 0) is 37.0 Å². The minimum atomic E-state index is -4.45. The number of aromatic nitrogens is 5. The second-order valence-corrected chi connectivity index (χ2v) is 7.59. The van der Waals surface area contributed by atoms with Crippen molar-refractivity contribution in [1.82, 2.24) is 29.9 Å². The van der Waals surface area contributed by atoms with Gasteiger partial charge in [-0.3, -0.25) is 4.79 Å². The van der Waals surface area contributed by atoms with Crippen molar-refractivity contribution >= 4 is 5.91 Å². The third kappa shape index (κ3) is 3.60. The van der Waals surface area contributed by atoms with Crippen molar-refractivity contribution in [3.05, 3.63) is 60.3 Å². The number of halogens is 3. The van der Waals surface area contributed by atoms with E-state index in [0.29, 0.717) is 18.7 Å². The molecule has 160 valence electrons. The Bertz CT molecular complexity index is 1090. The maximum atomic E-state index is 13.3. The van der Waals surface area contributed by atoms with Crippen LogP contribution in [0, 0.1) is 5.92 Å². The molecule has 4 heterocycles. The number of alkyl halides is 3. The summed E-state index contributed by atoms with van der Waals surface area (Å²) in [6.45, 7) is 0.576. The van der Waals surface area contributed by atoms with Crippen LogP contribution in [0.15, 0.2) is 49.1 Å². The molecule has 0 N–H and O–H groups in total. The van der Waals surface area contributed by atoms with E-state index in [1.807, 2.05) is 0 Å². The summed E-state index contributed by atoms with van der Waals surface area (Å²) in [6, 6.07) is 5.36. The van der Waals surface area contributed by atoms with E-state index in [1.165, 1.54) is 29.5 Å². The molecular formula is C20H17F3N6O2. The number of piperidine rings is 1. The zero-order valence-corrected chi connectivity index (χ0v) is 16.1. The smallest absolute Gasteiger partial charge is 0.417 e. The van der Waals surface area contributed by atoms with Gasteiger partial charge in [-0.15, -0.1) is 4.80 Å². The van der Waals surface area contributed by atoms with Gasteiger partial charge in [-0.2, -0.15) is 23.4 Å². The van der Waals surface area contributed by atoms with Crippen LogP contribution in [0.3, 0.4) is 0 Å². The summed E-state index contributed by atoms with van der Waals surface area (Å²) >= 11 is 0. The molecule has 0 spiro atoms. The lowest BCUT2D eigenvalue weighted by molar-refractivity contribution is -0.137. The molecule has 0 radical (unpaired) electrons. The van der Waals surface area contributed by atoms with Gasteiger partial charge < -0.3 is 9.64 Å². The van der Waals surface area contributed by atoms with Crippen molar-refractivity contribution in [3.63, 3.8) is 0 Å². The fraction of sp³-hybridized carbons (Fsp3) is 0.350. The van der Waals surface area contributed by atoms with Gasteiger partial charge in [0.1, 0.15) is 11.8 Å². The second-order valence-electron chi connectivity index (χ2n) is 7.59. The lowest BCUT2D eigenvalue weighted by Gasteiger charge is -2.33. The Hall–Kier alpha value is -3.50. The normalized spacial score (nSPS) is 22.7. The van der Waals surface area contributed by atoms with Crippen LogP contribution in [0.5, 0.6) is 5.88 Å². The van der Waals surface area contributed by atoms with E-state index in [0.717, 1.165) is 18.7 Å². The van der Waals surface area contributed by atoms with Gasteiger partial charge in [0, 0.05) is 25.0 Å². The first-order chi connectivity index (χ1) is 14.9. The molecule has 31 heavy (non-hydrogen) atoms. The number of rotatable bonds is 4. The molecule has 3 atom stereocenters. The van der Waals surface area contributed by atoms with Crippen LogP contribution in [-0.2, 0) is 6.18 Å². The van der Waals surface area contributed by atoms with Crippen molar-refractivity contribution in [3.8, 4) is 11.6 Å². The van der Waals surface area contributed by atoms with Crippen molar-refractivity contribution in [2.24, 2.45) is 5.92 Å². The first-order valence-electron chi connectivity index (χ1n) is 9.73. The molecule has 1 saturated carbocycles. The number of nitrogens with zero attached hydrogens (tertiary/aromatic N) is 6. The van der Waals surface area contributed by atoms with E-state index in [9.17, 15) is 18.0 Å². The van der Waals surface area contributed by atoms with Gasteiger partial charge in [0.25, 0.3) is 5.91 Å². The standard InChI is InChI=1S/C20H17F3N6O2/c21-20(22,23)13-3-4-17(25-10-13)31-16-9-12-8-15(16)28(11-12)19(30)18-14(2-1-5-24-18)29-26-6-7-27-29/h1-7,10,12,15-16H,8-9,11H2/t12-,15+,16-/m1/s1. The van der Waals surface area contributed by atoms with Gasteiger partial charge in [0.2, 0.25) is 5.88 Å². The van der Waals surface area contributed by atoms with Gasteiger partial charge in [0.05, 0.1) is 24.0 Å². The fourth-order valence-corrected chi connectivity index (χ4v) is 4.30. The van der Waals surface area contributed by atoms with Gasteiger partial charge in [-0.25, -0.2) is 9.97 Å². The zero-order chi connectivity index (χ0) is 21.6. The summed E-state index contributed by atoms with van der Waals surface area (Å²) in [5.41, 5.74) is -0.126. The maximum absolute atomic E-state index is 13.3. The molecule has 5 rings (SSSR count). The monoisotopic (exact) mass is 430 g/mol. The van der Waals surface area contributed by atoms with Gasteiger partial charge >= 0.3 is 6.18 Å². The number of likely N-dealkylation sites (tertiary alicyclic amines) is 1. The largest absolute Gasteiger partial charge is 0.472 e. The molecule has 2 fully saturated rings. The SMILES string of the molecule is O=C(c1ncccc1-n1nccn1)N1C[C@H]2C[C@@H](Oc3ccc(C(F)(F)F)cn3)[C@@H]1C2. The molecule has 1 amide bonds. The molecule has 1 aliphatic heterocycles. The van der Waals surface area contributed by atoms with Gasteiger partial charge in [-0.1, -0.05) is 0 Å². The first-order valence-corrected chi connectivity index (χ1v) is 9.73. The highest BCUT2D eigenvalue weighted by atomic mass is 19.4. The summed E-state index contributed by atoms with van der Waals surface area (Å²) in [5.74, 6) is 0.106. The Labute approximate surface area is 174 Å². The Morgan fingerprint density at radius 1 is 1.06 bits per heavy atom. The summed E-state index contributed by atoms with van der Waals surface area (Å²) in [4.78, 5) is 24.4. The quantitative estimate of drug-likeness (QED) is 0.633. The van der Waals surface area contributed by atoms with Gasteiger partial charge in [0.15, 0.2) is 5.69 Å². The van der Waals surface area contributed by atoms with Crippen LogP contribution in [0.2, 0.25) is 0 Å². The Balaban J connectivity index is 1.35. The van der Waals surface area contributed by atoms with Crippen LogP contribution in [-0.4, -0.2) is 54.5 Å². The predicted molar refractivity (Wildman–Crippen MR) is 100 cm³/mol. The highest BCUT2D eigenvalue weighted by Gasteiger charge is 2.49. The molecule has 0 unspecified atom stereocenters. The van der Waals surface area contributed by atoms with Crippen molar-refractivity contribution in [2.75, 3.05) is 6.54 Å². The van der Waals surface area contributed by atoms with E-state index in [-0.39, 0.29) is 35.5 Å². The molecule has 1 aliphatic carbocycles. The van der Waals surface area contributed by atoms with Crippen molar-refractivity contribution in [1.29, 1.82) is 0 Å². The highest BCUT2D eigenvalue weighted by molar-refractivity contribution is 5.96. The molecule has 3 aromatic rings. The first kappa shape index (κ1) is 19.5. The average molecular weight is 430 g/mol. The summed E-state index contributed by atoms with van der Waals surface area (Å²) in [6.07, 6.45) is 2.00. The fourth-order valence-electron chi connectivity index (χ4n) is 4.30.